The van der Waals surface area contributed by atoms with Crippen LogP contribution in [-0.2, 0) is 17.6 Å². The van der Waals surface area contributed by atoms with E-state index in [1.165, 1.54) is 7.11 Å². The number of esters is 1. The average Bonchev–Trinajstić information content (AvgIpc) is 2.64. The molecule has 3 rings (SSSR count). The van der Waals surface area contributed by atoms with Gasteiger partial charge in [-0.1, -0.05) is 6.07 Å². The van der Waals surface area contributed by atoms with E-state index in [1.54, 1.807) is 18.3 Å². The van der Waals surface area contributed by atoms with Crippen LogP contribution >= 0.6 is 15.9 Å². The van der Waals surface area contributed by atoms with Crippen molar-refractivity contribution in [2.75, 3.05) is 7.11 Å². The number of carbonyl (C=O) groups excluding carboxylic acids is 1. The molecule has 0 N–H and O–H groups in total. The molecule has 0 radical (unpaired) electrons. The van der Waals surface area contributed by atoms with E-state index in [4.69, 9.17) is 9.47 Å². The van der Waals surface area contributed by atoms with Crippen molar-refractivity contribution < 1.29 is 14.3 Å². The van der Waals surface area contributed by atoms with Crippen LogP contribution in [0.25, 0.3) is 0 Å². The van der Waals surface area contributed by atoms with Gasteiger partial charge in [0.05, 0.1) is 12.7 Å². The number of ether oxygens (including phenoxy) is 2. The third-order valence-electron chi connectivity index (χ3n) is 3.25. The van der Waals surface area contributed by atoms with E-state index in [-0.39, 0.29) is 5.97 Å². The van der Waals surface area contributed by atoms with E-state index in [2.05, 4.69) is 20.9 Å². The van der Waals surface area contributed by atoms with Gasteiger partial charge < -0.3 is 9.47 Å². The number of benzene rings is 1. The van der Waals surface area contributed by atoms with E-state index in [0.29, 0.717) is 17.2 Å². The fraction of sp³-hybridized carbons (Fsp3) is 0.200. The van der Waals surface area contributed by atoms with Crippen molar-refractivity contribution in [2.24, 2.45) is 0 Å². The second-order valence-electron chi connectivity index (χ2n) is 4.53. The number of rotatable bonds is 1. The number of aryl methyl sites for hydroxylation is 2. The van der Waals surface area contributed by atoms with Crippen molar-refractivity contribution in [2.45, 2.75) is 12.8 Å². The van der Waals surface area contributed by atoms with Gasteiger partial charge in [0.2, 0.25) is 5.88 Å². The van der Waals surface area contributed by atoms with Gasteiger partial charge >= 0.3 is 5.97 Å². The van der Waals surface area contributed by atoms with Crippen molar-refractivity contribution in [1.82, 2.24) is 4.98 Å². The number of aromatic nitrogens is 1. The highest BCUT2D eigenvalue weighted by Gasteiger charge is 2.18. The largest absolute Gasteiger partial charge is 0.465 e. The first-order valence-corrected chi connectivity index (χ1v) is 7.00. The smallest absolute Gasteiger partial charge is 0.337 e. The van der Waals surface area contributed by atoms with Gasteiger partial charge in [-0.15, -0.1) is 0 Å². The lowest BCUT2D eigenvalue weighted by Crippen LogP contribution is -2.02. The van der Waals surface area contributed by atoms with Crippen LogP contribution < -0.4 is 4.74 Å². The highest BCUT2D eigenvalue weighted by molar-refractivity contribution is 9.10. The molecule has 2 heterocycles. The molecule has 0 aliphatic carbocycles. The quantitative estimate of drug-likeness (QED) is 0.749. The molecular weight excluding hydrogens is 322 g/mol. The van der Waals surface area contributed by atoms with Gasteiger partial charge in [0.15, 0.2) is 0 Å². The number of hydrogen-bond donors (Lipinski definition) is 0. The second kappa shape index (κ2) is 5.25. The summed E-state index contributed by atoms with van der Waals surface area (Å²) in [5.74, 6) is 0.889. The van der Waals surface area contributed by atoms with Crippen LogP contribution in [-0.4, -0.2) is 18.1 Å². The summed E-state index contributed by atoms with van der Waals surface area (Å²) >= 11 is 3.41. The Morgan fingerprint density at radius 1 is 1.30 bits per heavy atom. The van der Waals surface area contributed by atoms with Crippen LogP contribution in [0.3, 0.4) is 0 Å². The Kier molecular flexibility index (Phi) is 3.44. The second-order valence-corrected chi connectivity index (χ2v) is 5.45. The zero-order valence-electron chi connectivity index (χ0n) is 10.9. The Hall–Kier alpha value is -1.88. The molecule has 0 saturated heterocycles. The number of carbonyl (C=O) groups is 1. The molecule has 1 aromatic heterocycles. The van der Waals surface area contributed by atoms with Crippen LogP contribution in [0.5, 0.6) is 11.6 Å². The molecule has 0 saturated carbocycles. The molecule has 20 heavy (non-hydrogen) atoms. The van der Waals surface area contributed by atoms with E-state index >= 15 is 0 Å². The van der Waals surface area contributed by atoms with Gasteiger partial charge in [-0.05, 0) is 52.5 Å². The Morgan fingerprint density at radius 3 is 2.90 bits per heavy atom. The summed E-state index contributed by atoms with van der Waals surface area (Å²) in [6.45, 7) is 0. The van der Waals surface area contributed by atoms with Crippen molar-refractivity contribution in [3.8, 4) is 11.6 Å². The highest BCUT2D eigenvalue weighted by atomic mass is 79.9. The minimum Gasteiger partial charge on any atom is -0.465 e. The summed E-state index contributed by atoms with van der Waals surface area (Å²) < 4.78 is 11.5. The molecule has 1 aliphatic rings. The van der Waals surface area contributed by atoms with Crippen molar-refractivity contribution in [1.29, 1.82) is 0 Å². The molecule has 102 valence electrons. The molecule has 0 bridgehead atoms. The lowest BCUT2D eigenvalue weighted by Gasteiger charge is -2.09. The van der Waals surface area contributed by atoms with Gasteiger partial charge in [-0.2, -0.15) is 0 Å². The SMILES string of the molecule is COC(=O)c1ccc2c(c1)Oc1ncc(Br)cc1CC2. The fourth-order valence-corrected chi connectivity index (χ4v) is 2.59. The summed E-state index contributed by atoms with van der Waals surface area (Å²) in [5, 5.41) is 0. The van der Waals surface area contributed by atoms with Crippen LogP contribution in [0, 0.1) is 0 Å². The summed E-state index contributed by atoms with van der Waals surface area (Å²) in [4.78, 5) is 15.9. The third-order valence-corrected chi connectivity index (χ3v) is 3.68. The zero-order chi connectivity index (χ0) is 14.1. The lowest BCUT2D eigenvalue weighted by molar-refractivity contribution is 0.0600. The maximum Gasteiger partial charge on any atom is 0.337 e. The molecular formula is C15H12BrNO3. The van der Waals surface area contributed by atoms with Crippen LogP contribution in [0.1, 0.15) is 21.5 Å². The highest BCUT2D eigenvalue weighted by Crippen LogP contribution is 2.34. The Labute approximate surface area is 124 Å². The monoisotopic (exact) mass is 333 g/mol. The molecule has 0 fully saturated rings. The zero-order valence-corrected chi connectivity index (χ0v) is 12.4. The van der Waals surface area contributed by atoms with Crippen molar-refractivity contribution >= 4 is 21.9 Å². The van der Waals surface area contributed by atoms with E-state index < -0.39 is 0 Å². The maximum atomic E-state index is 11.6. The van der Waals surface area contributed by atoms with Gasteiger partial charge in [0.25, 0.3) is 0 Å². The standard InChI is InChI=1S/C15H12BrNO3/c1-19-15(18)11-5-3-9-2-4-10-6-12(16)8-17-14(10)20-13(9)7-11/h3,5-8H,2,4H2,1H3. The number of pyridine rings is 1. The van der Waals surface area contributed by atoms with Gasteiger partial charge in [-0.25, -0.2) is 9.78 Å². The van der Waals surface area contributed by atoms with Crippen molar-refractivity contribution in [3.63, 3.8) is 0 Å². The molecule has 2 aromatic rings. The predicted octanol–water partition coefficient (Wildman–Crippen LogP) is 3.52. The first kappa shape index (κ1) is 13.1. The Balaban J connectivity index is 2.02. The lowest BCUT2D eigenvalue weighted by atomic mass is 10.0. The molecule has 0 unspecified atom stereocenters. The Morgan fingerprint density at radius 2 is 2.10 bits per heavy atom. The minimum absolute atomic E-state index is 0.371. The fourth-order valence-electron chi connectivity index (χ4n) is 2.21. The van der Waals surface area contributed by atoms with E-state index in [1.807, 2.05) is 12.1 Å². The number of fused-ring (bicyclic) bond motifs is 2. The van der Waals surface area contributed by atoms with Crippen LogP contribution in [0.15, 0.2) is 34.9 Å². The third kappa shape index (κ3) is 2.41. The first-order valence-electron chi connectivity index (χ1n) is 6.21. The maximum absolute atomic E-state index is 11.6. The normalized spacial score (nSPS) is 12.7. The van der Waals surface area contributed by atoms with Crippen molar-refractivity contribution in [3.05, 3.63) is 51.6 Å². The van der Waals surface area contributed by atoms with Crippen LogP contribution in [0.4, 0.5) is 0 Å². The topological polar surface area (TPSA) is 48.4 Å². The summed E-state index contributed by atoms with van der Waals surface area (Å²) in [6.07, 6.45) is 3.41. The van der Waals surface area contributed by atoms with Crippen LogP contribution in [0.2, 0.25) is 0 Å². The summed E-state index contributed by atoms with van der Waals surface area (Å²) in [5.41, 5.74) is 2.59. The number of halogens is 1. The van der Waals surface area contributed by atoms with Gasteiger partial charge in [0.1, 0.15) is 5.75 Å². The number of hydrogen-bond acceptors (Lipinski definition) is 4. The molecule has 1 aromatic carbocycles. The molecule has 1 aliphatic heterocycles. The summed E-state index contributed by atoms with van der Waals surface area (Å²) in [7, 11) is 1.36. The number of nitrogens with zero attached hydrogens (tertiary/aromatic N) is 1. The summed E-state index contributed by atoms with van der Waals surface area (Å²) in [6, 6.07) is 7.38. The first-order chi connectivity index (χ1) is 9.67. The molecule has 0 atom stereocenters. The molecule has 4 nitrogen and oxygen atoms in total. The van der Waals surface area contributed by atoms with E-state index in [0.717, 1.165) is 28.4 Å². The minimum atomic E-state index is -0.371. The van der Waals surface area contributed by atoms with E-state index in [9.17, 15) is 4.79 Å². The molecule has 0 spiro atoms. The van der Waals surface area contributed by atoms with Gasteiger partial charge in [0, 0.05) is 16.2 Å². The predicted molar refractivity (Wildman–Crippen MR) is 77.2 cm³/mol. The van der Waals surface area contributed by atoms with Gasteiger partial charge in [-0.3, -0.25) is 0 Å². The Bertz CT molecular complexity index is 685. The average molecular weight is 334 g/mol. The molecule has 0 amide bonds. The number of methoxy groups -OCH3 is 1. The molecule has 5 heteroatoms.